The number of methoxy groups -OCH3 is 1. The standard InChI is InChI=1S/C18H16Cl2N2O4/c1-10-18(24)22(14-8-12(20)4-6-16(14)26-10)9-17(23)21-13-7-11(19)3-5-15(13)25-2/h3-8,10H,9H2,1-2H3,(H,21,23). The number of fused-ring (bicyclic) bond motifs is 1. The SMILES string of the molecule is COc1ccc(Cl)cc1NC(=O)CN1C(=O)C(C)Oc2ccc(Cl)cc21. The second-order valence-corrected chi connectivity index (χ2v) is 6.56. The van der Waals surface area contributed by atoms with E-state index in [1.807, 2.05) is 0 Å². The third-order valence-corrected chi connectivity index (χ3v) is 4.34. The Morgan fingerprint density at radius 2 is 1.92 bits per heavy atom. The van der Waals surface area contributed by atoms with Crippen molar-refractivity contribution in [3.63, 3.8) is 0 Å². The molecule has 0 saturated heterocycles. The lowest BCUT2D eigenvalue weighted by Gasteiger charge is -2.32. The average molecular weight is 395 g/mol. The van der Waals surface area contributed by atoms with Crippen LogP contribution >= 0.6 is 23.2 Å². The zero-order chi connectivity index (χ0) is 18.8. The van der Waals surface area contributed by atoms with E-state index in [2.05, 4.69) is 5.32 Å². The van der Waals surface area contributed by atoms with Crippen LogP contribution in [0.2, 0.25) is 10.0 Å². The number of rotatable bonds is 4. The van der Waals surface area contributed by atoms with E-state index in [1.165, 1.54) is 12.0 Å². The van der Waals surface area contributed by atoms with Crippen LogP contribution in [0, 0.1) is 0 Å². The summed E-state index contributed by atoms with van der Waals surface area (Å²) < 4.78 is 10.8. The van der Waals surface area contributed by atoms with Crippen LogP contribution in [-0.2, 0) is 9.59 Å². The van der Waals surface area contributed by atoms with E-state index in [9.17, 15) is 9.59 Å². The fourth-order valence-corrected chi connectivity index (χ4v) is 2.99. The maximum absolute atomic E-state index is 12.5. The van der Waals surface area contributed by atoms with Crippen LogP contribution in [0.3, 0.4) is 0 Å². The zero-order valence-corrected chi connectivity index (χ0v) is 15.6. The molecule has 2 aromatic rings. The molecule has 1 aliphatic rings. The molecule has 1 aliphatic heterocycles. The highest BCUT2D eigenvalue weighted by atomic mass is 35.5. The third-order valence-electron chi connectivity index (χ3n) is 3.87. The number of carbonyl (C=O) groups excluding carboxylic acids is 2. The summed E-state index contributed by atoms with van der Waals surface area (Å²) in [5.74, 6) is 0.231. The van der Waals surface area contributed by atoms with Gasteiger partial charge in [-0.05, 0) is 43.3 Å². The number of ether oxygens (including phenoxy) is 2. The van der Waals surface area contributed by atoms with Gasteiger partial charge in [0, 0.05) is 10.0 Å². The molecule has 1 unspecified atom stereocenters. The van der Waals surface area contributed by atoms with Gasteiger partial charge in [0.15, 0.2) is 6.10 Å². The Hall–Kier alpha value is -2.44. The van der Waals surface area contributed by atoms with Crippen LogP contribution in [0.25, 0.3) is 0 Å². The van der Waals surface area contributed by atoms with Gasteiger partial charge in [-0.1, -0.05) is 23.2 Å². The lowest BCUT2D eigenvalue weighted by molar-refractivity contribution is -0.127. The number of anilines is 2. The maximum atomic E-state index is 12.5. The predicted octanol–water partition coefficient (Wildman–Crippen LogP) is 3.75. The Labute approximate surface area is 160 Å². The van der Waals surface area contributed by atoms with Crippen molar-refractivity contribution in [1.29, 1.82) is 0 Å². The van der Waals surface area contributed by atoms with Crippen molar-refractivity contribution in [1.82, 2.24) is 0 Å². The van der Waals surface area contributed by atoms with Crippen LogP contribution < -0.4 is 19.7 Å². The Balaban J connectivity index is 1.84. The summed E-state index contributed by atoms with van der Waals surface area (Å²) in [4.78, 5) is 26.4. The molecular weight excluding hydrogens is 379 g/mol. The molecule has 1 atom stereocenters. The van der Waals surface area contributed by atoms with Crippen molar-refractivity contribution < 1.29 is 19.1 Å². The maximum Gasteiger partial charge on any atom is 0.268 e. The molecule has 26 heavy (non-hydrogen) atoms. The molecule has 0 spiro atoms. The van der Waals surface area contributed by atoms with E-state index in [1.54, 1.807) is 43.3 Å². The average Bonchev–Trinajstić information content (AvgIpc) is 2.60. The minimum atomic E-state index is -0.697. The van der Waals surface area contributed by atoms with Crippen LogP contribution in [0.4, 0.5) is 11.4 Å². The summed E-state index contributed by atoms with van der Waals surface area (Å²) in [5.41, 5.74) is 0.874. The number of benzene rings is 2. The first kappa shape index (κ1) is 18.4. The van der Waals surface area contributed by atoms with Crippen LogP contribution in [0.15, 0.2) is 36.4 Å². The minimum absolute atomic E-state index is 0.199. The van der Waals surface area contributed by atoms with Crippen molar-refractivity contribution in [2.45, 2.75) is 13.0 Å². The van der Waals surface area contributed by atoms with E-state index in [-0.39, 0.29) is 12.5 Å². The molecule has 0 bridgehead atoms. The van der Waals surface area contributed by atoms with Crippen molar-refractivity contribution >= 4 is 46.4 Å². The Kier molecular flexibility index (Phi) is 5.25. The number of amides is 2. The monoisotopic (exact) mass is 394 g/mol. The van der Waals surface area contributed by atoms with Gasteiger partial charge in [-0.2, -0.15) is 0 Å². The summed E-state index contributed by atoms with van der Waals surface area (Å²) in [5, 5.41) is 3.61. The molecule has 136 valence electrons. The van der Waals surface area contributed by atoms with Gasteiger partial charge < -0.3 is 14.8 Å². The fraction of sp³-hybridized carbons (Fsp3) is 0.222. The molecule has 0 aromatic heterocycles. The number of hydrogen-bond donors (Lipinski definition) is 1. The van der Waals surface area contributed by atoms with E-state index in [4.69, 9.17) is 32.7 Å². The van der Waals surface area contributed by atoms with Gasteiger partial charge in [0.25, 0.3) is 5.91 Å². The van der Waals surface area contributed by atoms with Crippen molar-refractivity contribution in [2.24, 2.45) is 0 Å². The van der Waals surface area contributed by atoms with Crippen molar-refractivity contribution in [2.75, 3.05) is 23.9 Å². The van der Waals surface area contributed by atoms with Gasteiger partial charge in [-0.25, -0.2) is 0 Å². The highest BCUT2D eigenvalue weighted by Crippen LogP contribution is 2.36. The molecule has 2 amide bonds. The van der Waals surface area contributed by atoms with Gasteiger partial charge in [-0.3, -0.25) is 14.5 Å². The lowest BCUT2D eigenvalue weighted by atomic mass is 10.2. The largest absolute Gasteiger partial charge is 0.495 e. The first-order chi connectivity index (χ1) is 12.4. The van der Waals surface area contributed by atoms with E-state index >= 15 is 0 Å². The topological polar surface area (TPSA) is 67.9 Å². The normalized spacial score (nSPS) is 15.9. The summed E-state index contributed by atoms with van der Waals surface area (Å²) >= 11 is 12.0. The molecule has 3 rings (SSSR count). The highest BCUT2D eigenvalue weighted by molar-refractivity contribution is 6.31. The Morgan fingerprint density at radius 1 is 1.23 bits per heavy atom. The number of hydrogen-bond acceptors (Lipinski definition) is 4. The third kappa shape index (κ3) is 3.71. The molecule has 6 nitrogen and oxygen atoms in total. The molecule has 0 fully saturated rings. The predicted molar refractivity (Wildman–Crippen MR) is 101 cm³/mol. The van der Waals surface area contributed by atoms with Crippen LogP contribution in [-0.4, -0.2) is 31.6 Å². The van der Waals surface area contributed by atoms with Gasteiger partial charge in [0.1, 0.15) is 18.0 Å². The number of carbonyl (C=O) groups is 2. The van der Waals surface area contributed by atoms with Crippen molar-refractivity contribution in [3.05, 3.63) is 46.4 Å². The first-order valence-corrected chi connectivity index (χ1v) is 8.55. The Morgan fingerprint density at radius 3 is 2.65 bits per heavy atom. The van der Waals surface area contributed by atoms with Crippen LogP contribution in [0.5, 0.6) is 11.5 Å². The highest BCUT2D eigenvalue weighted by Gasteiger charge is 2.33. The molecule has 2 aromatic carbocycles. The molecular formula is C18H16Cl2N2O4. The minimum Gasteiger partial charge on any atom is -0.495 e. The van der Waals surface area contributed by atoms with Gasteiger partial charge in [0.05, 0.1) is 18.5 Å². The number of nitrogens with one attached hydrogen (secondary N) is 1. The quantitative estimate of drug-likeness (QED) is 0.856. The second-order valence-electron chi connectivity index (χ2n) is 5.69. The lowest BCUT2D eigenvalue weighted by Crippen LogP contribution is -2.47. The van der Waals surface area contributed by atoms with E-state index < -0.39 is 12.0 Å². The molecule has 1 N–H and O–H groups in total. The summed E-state index contributed by atoms with van der Waals surface area (Å²) in [6, 6.07) is 9.81. The molecule has 0 saturated carbocycles. The summed E-state index contributed by atoms with van der Waals surface area (Å²) in [6.45, 7) is 1.43. The van der Waals surface area contributed by atoms with Gasteiger partial charge in [-0.15, -0.1) is 0 Å². The smallest absolute Gasteiger partial charge is 0.268 e. The molecule has 1 heterocycles. The number of halogens is 2. The zero-order valence-electron chi connectivity index (χ0n) is 14.1. The Bertz CT molecular complexity index is 872. The molecule has 0 radical (unpaired) electrons. The van der Waals surface area contributed by atoms with E-state index in [0.717, 1.165) is 0 Å². The molecule has 0 aliphatic carbocycles. The van der Waals surface area contributed by atoms with Crippen LogP contribution in [0.1, 0.15) is 6.92 Å². The number of nitrogens with zero attached hydrogens (tertiary/aromatic N) is 1. The summed E-state index contributed by atoms with van der Waals surface area (Å²) in [6.07, 6.45) is -0.697. The van der Waals surface area contributed by atoms with E-state index in [0.29, 0.717) is 32.9 Å². The summed E-state index contributed by atoms with van der Waals surface area (Å²) in [7, 11) is 1.49. The van der Waals surface area contributed by atoms with Gasteiger partial charge in [0.2, 0.25) is 5.91 Å². The van der Waals surface area contributed by atoms with Gasteiger partial charge >= 0.3 is 0 Å². The fourth-order valence-electron chi connectivity index (χ4n) is 2.65. The van der Waals surface area contributed by atoms with Crippen molar-refractivity contribution in [3.8, 4) is 11.5 Å². The first-order valence-electron chi connectivity index (χ1n) is 7.80. The molecule has 8 heteroatoms. The second kappa shape index (κ2) is 7.43.